The van der Waals surface area contributed by atoms with Crippen LogP contribution in [0.1, 0.15) is 18.9 Å². The molecule has 2 rings (SSSR count). The lowest BCUT2D eigenvalue weighted by Crippen LogP contribution is -2.17. The van der Waals surface area contributed by atoms with E-state index in [9.17, 15) is 13.2 Å². The highest BCUT2D eigenvalue weighted by atomic mass is 19.4. The van der Waals surface area contributed by atoms with Crippen molar-refractivity contribution >= 4 is 11.7 Å². The Bertz CT molecular complexity index is 600. The molecule has 0 fully saturated rings. The van der Waals surface area contributed by atoms with Gasteiger partial charge in [-0.15, -0.1) is 18.3 Å². The van der Waals surface area contributed by atoms with Crippen molar-refractivity contribution in [1.82, 2.24) is 15.5 Å². The number of hydrogen-bond acceptors (Lipinski definition) is 6. The highest BCUT2D eigenvalue weighted by molar-refractivity contribution is 5.61. The average Bonchev–Trinajstić information content (AvgIpc) is 2.87. The maximum Gasteiger partial charge on any atom is 0.573 e. The van der Waals surface area contributed by atoms with Gasteiger partial charge in [0.25, 0.3) is 0 Å². The van der Waals surface area contributed by atoms with E-state index in [1.807, 2.05) is 0 Å². The maximum atomic E-state index is 12.3. The first kappa shape index (κ1) is 15.1. The third kappa shape index (κ3) is 4.09. The predicted octanol–water partition coefficient (Wildman–Crippen LogP) is 2.99. The van der Waals surface area contributed by atoms with Gasteiger partial charge in [-0.3, -0.25) is 0 Å². The Hall–Kier alpha value is -2.29. The van der Waals surface area contributed by atoms with E-state index in [1.165, 1.54) is 18.2 Å². The van der Waals surface area contributed by atoms with Crippen LogP contribution in [0.15, 0.2) is 28.7 Å². The molecule has 21 heavy (non-hydrogen) atoms. The third-order valence-corrected chi connectivity index (χ3v) is 2.60. The molecular formula is C12H13F3N4O2. The lowest BCUT2D eigenvalue weighted by Gasteiger charge is -2.12. The summed E-state index contributed by atoms with van der Waals surface area (Å²) < 4.78 is 46.1. The molecule has 2 aromatic rings. The van der Waals surface area contributed by atoms with Gasteiger partial charge in [0.2, 0.25) is 5.89 Å². The van der Waals surface area contributed by atoms with Crippen LogP contribution in [0.5, 0.6) is 5.75 Å². The van der Waals surface area contributed by atoms with E-state index in [4.69, 9.17) is 4.42 Å². The summed E-state index contributed by atoms with van der Waals surface area (Å²) in [6.45, 7) is 1.80. The maximum absolute atomic E-state index is 12.3. The van der Waals surface area contributed by atoms with Gasteiger partial charge in [-0.2, -0.15) is 0 Å². The molecule has 2 N–H and O–H groups in total. The number of ether oxygens (including phenoxy) is 1. The minimum absolute atomic E-state index is 0.0228. The Kier molecular flexibility index (Phi) is 4.32. The molecule has 1 heterocycles. The van der Waals surface area contributed by atoms with Crippen LogP contribution in [0.2, 0.25) is 0 Å². The van der Waals surface area contributed by atoms with E-state index in [1.54, 1.807) is 20.0 Å². The largest absolute Gasteiger partial charge is 0.573 e. The average molecular weight is 302 g/mol. The topological polar surface area (TPSA) is 72.2 Å². The number of anilines is 2. The zero-order chi connectivity index (χ0) is 15.5. The summed E-state index contributed by atoms with van der Waals surface area (Å²) in [5, 5.41) is 13.0. The summed E-state index contributed by atoms with van der Waals surface area (Å²) in [6.07, 6.45) is -4.78. The molecule has 0 radical (unpaired) electrons. The van der Waals surface area contributed by atoms with Crippen molar-refractivity contribution in [2.24, 2.45) is 0 Å². The van der Waals surface area contributed by atoms with E-state index in [0.29, 0.717) is 5.89 Å². The second kappa shape index (κ2) is 6.00. The first-order valence-electron chi connectivity index (χ1n) is 6.01. The normalized spacial score (nSPS) is 13.0. The molecular weight excluding hydrogens is 289 g/mol. The smallest absolute Gasteiger partial charge is 0.406 e. The number of hydrogen-bond donors (Lipinski definition) is 2. The van der Waals surface area contributed by atoms with Gasteiger partial charge in [0.05, 0.1) is 11.7 Å². The van der Waals surface area contributed by atoms with Crippen molar-refractivity contribution in [3.8, 4) is 5.75 Å². The Labute approximate surface area is 118 Å². The number of nitrogens with one attached hydrogen (secondary N) is 2. The summed E-state index contributed by atoms with van der Waals surface area (Å²) in [5.74, 6) is -0.0689. The van der Waals surface area contributed by atoms with Crippen LogP contribution in [-0.4, -0.2) is 23.6 Å². The molecule has 0 amide bonds. The van der Waals surface area contributed by atoms with Crippen LogP contribution in [0.4, 0.5) is 24.9 Å². The van der Waals surface area contributed by atoms with Crippen molar-refractivity contribution in [2.45, 2.75) is 19.3 Å². The highest BCUT2D eigenvalue weighted by Crippen LogP contribution is 2.31. The van der Waals surface area contributed by atoms with Gasteiger partial charge < -0.3 is 19.8 Å². The Morgan fingerprint density at radius 1 is 1.24 bits per heavy atom. The highest BCUT2D eigenvalue weighted by Gasteiger charge is 2.32. The number of alkyl halides is 3. The fourth-order valence-electron chi connectivity index (χ4n) is 1.48. The van der Waals surface area contributed by atoms with E-state index in [0.717, 1.165) is 0 Å². The number of para-hydroxylation sites is 2. The Balaban J connectivity index is 2.18. The van der Waals surface area contributed by atoms with Gasteiger partial charge >= 0.3 is 12.4 Å². The first-order chi connectivity index (χ1) is 9.89. The standard InChI is InChI=1S/C12H13F3N4O2/c1-7(16-2)10-18-19-11(20-10)17-8-5-3-4-6-9(8)21-12(13,14)15/h3-7,16H,1-2H3,(H,17,19). The zero-order valence-corrected chi connectivity index (χ0v) is 11.2. The van der Waals surface area contributed by atoms with Crippen molar-refractivity contribution in [3.05, 3.63) is 30.2 Å². The first-order valence-corrected chi connectivity index (χ1v) is 6.01. The monoisotopic (exact) mass is 302 g/mol. The lowest BCUT2D eigenvalue weighted by molar-refractivity contribution is -0.274. The summed E-state index contributed by atoms with van der Waals surface area (Å²) in [6, 6.07) is 5.38. The molecule has 9 heteroatoms. The van der Waals surface area contributed by atoms with Crippen LogP contribution in [0.25, 0.3) is 0 Å². The minimum Gasteiger partial charge on any atom is -0.406 e. The summed E-state index contributed by atoms with van der Waals surface area (Å²) >= 11 is 0. The summed E-state index contributed by atoms with van der Waals surface area (Å²) in [5.41, 5.74) is 0.0714. The van der Waals surface area contributed by atoms with Gasteiger partial charge in [0.15, 0.2) is 5.75 Å². The Morgan fingerprint density at radius 3 is 2.62 bits per heavy atom. The molecule has 6 nitrogen and oxygen atoms in total. The molecule has 0 saturated carbocycles. The van der Waals surface area contributed by atoms with E-state index < -0.39 is 6.36 Å². The summed E-state index contributed by atoms with van der Waals surface area (Å²) in [7, 11) is 1.72. The third-order valence-electron chi connectivity index (χ3n) is 2.60. The fraction of sp³-hybridized carbons (Fsp3) is 0.333. The molecule has 0 saturated heterocycles. The van der Waals surface area contributed by atoms with Crippen molar-refractivity contribution < 1.29 is 22.3 Å². The molecule has 0 aliphatic carbocycles. The van der Waals surface area contributed by atoms with Crippen molar-refractivity contribution in [3.63, 3.8) is 0 Å². The molecule has 1 aromatic carbocycles. The molecule has 0 aliphatic rings. The molecule has 0 aliphatic heterocycles. The molecule has 114 valence electrons. The minimum atomic E-state index is -4.78. The second-order valence-corrected chi connectivity index (χ2v) is 4.12. The van der Waals surface area contributed by atoms with Gasteiger partial charge in [0, 0.05) is 0 Å². The van der Waals surface area contributed by atoms with Gasteiger partial charge in [0.1, 0.15) is 0 Å². The van der Waals surface area contributed by atoms with E-state index in [-0.39, 0.29) is 23.5 Å². The van der Waals surface area contributed by atoms with Gasteiger partial charge in [-0.1, -0.05) is 17.2 Å². The zero-order valence-electron chi connectivity index (χ0n) is 11.2. The fourth-order valence-corrected chi connectivity index (χ4v) is 1.48. The SMILES string of the molecule is CNC(C)c1nnc(Nc2ccccc2OC(F)(F)F)o1. The van der Waals surface area contributed by atoms with Crippen LogP contribution >= 0.6 is 0 Å². The van der Waals surface area contributed by atoms with Crippen LogP contribution in [0.3, 0.4) is 0 Å². The predicted molar refractivity (Wildman–Crippen MR) is 68.2 cm³/mol. The lowest BCUT2D eigenvalue weighted by atomic mass is 10.3. The Morgan fingerprint density at radius 2 is 1.95 bits per heavy atom. The number of aromatic nitrogens is 2. The van der Waals surface area contributed by atoms with Crippen LogP contribution in [-0.2, 0) is 0 Å². The molecule has 1 unspecified atom stereocenters. The van der Waals surface area contributed by atoms with E-state index in [2.05, 4.69) is 25.6 Å². The van der Waals surface area contributed by atoms with Gasteiger partial charge in [-0.25, -0.2) is 0 Å². The molecule has 1 aromatic heterocycles. The van der Waals surface area contributed by atoms with Gasteiger partial charge in [-0.05, 0) is 26.1 Å². The number of rotatable bonds is 5. The van der Waals surface area contributed by atoms with E-state index >= 15 is 0 Å². The quantitative estimate of drug-likeness (QED) is 0.884. The molecule has 0 spiro atoms. The molecule has 0 bridgehead atoms. The van der Waals surface area contributed by atoms with Crippen LogP contribution < -0.4 is 15.4 Å². The number of nitrogens with zero attached hydrogens (tertiary/aromatic N) is 2. The molecule has 1 atom stereocenters. The number of halogens is 3. The second-order valence-electron chi connectivity index (χ2n) is 4.12. The van der Waals surface area contributed by atoms with Crippen LogP contribution in [0, 0.1) is 0 Å². The van der Waals surface area contributed by atoms with Crippen molar-refractivity contribution in [1.29, 1.82) is 0 Å². The number of benzene rings is 1. The van der Waals surface area contributed by atoms with Crippen molar-refractivity contribution in [2.75, 3.05) is 12.4 Å². The summed E-state index contributed by atoms with van der Waals surface area (Å²) in [4.78, 5) is 0.